The van der Waals surface area contributed by atoms with Gasteiger partial charge in [0, 0.05) is 31.0 Å². The molecule has 2 saturated carbocycles. The molecule has 3 fully saturated rings. The summed E-state index contributed by atoms with van der Waals surface area (Å²) in [4.78, 5) is 33.2. The molecule has 8 heteroatoms. The molecule has 3 heterocycles. The van der Waals surface area contributed by atoms with E-state index in [1.54, 1.807) is 21.8 Å². The van der Waals surface area contributed by atoms with Crippen LogP contribution in [0.2, 0.25) is 0 Å². The largest absolute Gasteiger partial charge is 0.387 e. The Hall–Kier alpha value is -2.22. The van der Waals surface area contributed by atoms with E-state index in [0.29, 0.717) is 43.0 Å². The predicted molar refractivity (Wildman–Crippen MR) is 135 cm³/mol. The minimum atomic E-state index is -1.03. The third-order valence-corrected chi connectivity index (χ3v) is 9.34. The lowest BCUT2D eigenvalue weighted by molar-refractivity contribution is -0.163. The average molecular weight is 484 g/mol. The minimum absolute atomic E-state index is 0.0343. The maximum Gasteiger partial charge on any atom is 0.264 e. The number of hydrogen-bond donors (Lipinski definition) is 1. The molecule has 0 bridgehead atoms. The molecule has 2 aromatic rings. The summed E-state index contributed by atoms with van der Waals surface area (Å²) < 4.78 is 3.28. The Morgan fingerprint density at radius 3 is 2.63 bits per heavy atom. The highest BCUT2D eigenvalue weighted by molar-refractivity contribution is 5.78. The van der Waals surface area contributed by atoms with E-state index in [-0.39, 0.29) is 29.3 Å². The van der Waals surface area contributed by atoms with Crippen molar-refractivity contribution < 1.29 is 9.90 Å². The average Bonchev–Trinajstić information content (AvgIpc) is 3.51. The van der Waals surface area contributed by atoms with E-state index in [9.17, 15) is 14.7 Å². The summed E-state index contributed by atoms with van der Waals surface area (Å²) in [5.41, 5.74) is -0.972. The Morgan fingerprint density at radius 1 is 1.17 bits per heavy atom. The number of amides is 1. The lowest BCUT2D eigenvalue weighted by atomic mass is 9.65. The molecule has 192 valence electrons. The maximum atomic E-state index is 13.5. The number of nitrogens with zero attached hydrogens (tertiary/aromatic N) is 5. The van der Waals surface area contributed by atoms with Crippen molar-refractivity contribution in [3.63, 3.8) is 0 Å². The number of likely N-dealkylation sites (tertiary alicyclic amines) is 1. The normalized spacial score (nSPS) is 26.0. The molecule has 2 unspecified atom stereocenters. The van der Waals surface area contributed by atoms with Crippen LogP contribution in [0.15, 0.2) is 17.3 Å². The first-order valence-corrected chi connectivity index (χ1v) is 13.8. The number of aryl methyl sites for hydroxylation is 1. The van der Waals surface area contributed by atoms with Gasteiger partial charge in [0.05, 0.1) is 18.3 Å². The Balaban J connectivity index is 1.34. The van der Waals surface area contributed by atoms with Crippen LogP contribution in [0, 0.1) is 17.3 Å². The molecular weight excluding hydrogens is 442 g/mol. The molecule has 2 aromatic heterocycles. The molecule has 2 aliphatic carbocycles. The standard InChI is InChI=1S/C27H41N5O3/c1-3-32-23-22(16-29-32)25(34)31(19-28-23)18-27(35)13-14-30(17-26(27)11-7-8-12-26)24(33)20(2)15-21-9-5-4-6-10-21/h16,19-21,35H,3-15,17-18H2,1-2H3. The van der Waals surface area contributed by atoms with Crippen molar-refractivity contribution in [3.8, 4) is 0 Å². The topological polar surface area (TPSA) is 93.2 Å². The molecule has 2 atom stereocenters. The summed E-state index contributed by atoms with van der Waals surface area (Å²) in [5.74, 6) is 0.958. The second-order valence-electron chi connectivity index (χ2n) is 11.5. The number of hydrogen-bond acceptors (Lipinski definition) is 5. The summed E-state index contributed by atoms with van der Waals surface area (Å²) in [6.07, 6.45) is 14.9. The second kappa shape index (κ2) is 9.68. The molecule has 0 aromatic carbocycles. The van der Waals surface area contributed by atoms with E-state index in [1.165, 1.54) is 32.1 Å². The number of aromatic nitrogens is 4. The van der Waals surface area contributed by atoms with E-state index < -0.39 is 5.60 Å². The molecule has 1 amide bonds. The predicted octanol–water partition coefficient (Wildman–Crippen LogP) is 3.74. The lowest BCUT2D eigenvalue weighted by Crippen LogP contribution is -2.62. The first kappa shape index (κ1) is 24.5. The van der Waals surface area contributed by atoms with Crippen LogP contribution in [0.25, 0.3) is 11.0 Å². The zero-order valence-corrected chi connectivity index (χ0v) is 21.4. The Labute approximate surface area is 207 Å². The van der Waals surface area contributed by atoms with Crippen LogP contribution in [0.3, 0.4) is 0 Å². The third-order valence-electron chi connectivity index (χ3n) is 9.34. The number of piperidine rings is 1. The summed E-state index contributed by atoms with van der Waals surface area (Å²) in [6.45, 7) is 6.06. The fourth-order valence-corrected chi connectivity index (χ4v) is 7.25. The molecule has 1 spiro atoms. The Kier molecular flexibility index (Phi) is 6.77. The zero-order valence-electron chi connectivity index (χ0n) is 21.4. The molecule has 1 aliphatic heterocycles. The van der Waals surface area contributed by atoms with Gasteiger partial charge in [0.1, 0.15) is 11.7 Å². The van der Waals surface area contributed by atoms with Gasteiger partial charge in [-0.3, -0.25) is 14.2 Å². The van der Waals surface area contributed by atoms with Gasteiger partial charge < -0.3 is 10.0 Å². The van der Waals surface area contributed by atoms with Crippen LogP contribution < -0.4 is 5.56 Å². The van der Waals surface area contributed by atoms with Crippen LogP contribution in [0.1, 0.15) is 84.5 Å². The second-order valence-corrected chi connectivity index (χ2v) is 11.5. The van der Waals surface area contributed by atoms with E-state index in [4.69, 9.17) is 0 Å². The fraction of sp³-hybridized carbons (Fsp3) is 0.778. The first-order valence-electron chi connectivity index (χ1n) is 13.8. The van der Waals surface area contributed by atoms with E-state index in [1.807, 2.05) is 11.8 Å². The highest BCUT2D eigenvalue weighted by Gasteiger charge is 2.55. The molecule has 3 aliphatic rings. The zero-order chi connectivity index (χ0) is 24.6. The van der Waals surface area contributed by atoms with Gasteiger partial charge in [-0.05, 0) is 38.5 Å². The van der Waals surface area contributed by atoms with Crippen molar-refractivity contribution in [3.05, 3.63) is 22.9 Å². The van der Waals surface area contributed by atoms with Crippen molar-refractivity contribution in [2.75, 3.05) is 13.1 Å². The third kappa shape index (κ3) is 4.43. The molecule has 1 saturated heterocycles. The van der Waals surface area contributed by atoms with Gasteiger partial charge in [0.15, 0.2) is 5.65 Å². The van der Waals surface area contributed by atoms with Crippen molar-refractivity contribution >= 4 is 16.9 Å². The van der Waals surface area contributed by atoms with Crippen molar-refractivity contribution in [2.45, 2.75) is 103 Å². The quantitative estimate of drug-likeness (QED) is 0.676. The van der Waals surface area contributed by atoms with Gasteiger partial charge in [-0.2, -0.15) is 5.10 Å². The lowest BCUT2D eigenvalue weighted by Gasteiger charge is -2.52. The van der Waals surface area contributed by atoms with E-state index in [0.717, 1.165) is 32.1 Å². The van der Waals surface area contributed by atoms with Crippen LogP contribution >= 0.6 is 0 Å². The Bertz CT molecular complexity index is 1110. The molecular formula is C27H41N5O3. The van der Waals surface area contributed by atoms with Gasteiger partial charge >= 0.3 is 0 Å². The van der Waals surface area contributed by atoms with Gasteiger partial charge in [0.25, 0.3) is 5.56 Å². The highest BCUT2D eigenvalue weighted by Crippen LogP contribution is 2.51. The van der Waals surface area contributed by atoms with Gasteiger partial charge in [0.2, 0.25) is 5.91 Å². The fourth-order valence-electron chi connectivity index (χ4n) is 7.25. The molecule has 35 heavy (non-hydrogen) atoms. The monoisotopic (exact) mass is 483 g/mol. The number of carbonyl (C=O) groups is 1. The van der Waals surface area contributed by atoms with Crippen molar-refractivity contribution in [1.29, 1.82) is 0 Å². The molecule has 0 radical (unpaired) electrons. The van der Waals surface area contributed by atoms with Crippen molar-refractivity contribution in [1.82, 2.24) is 24.2 Å². The van der Waals surface area contributed by atoms with E-state index in [2.05, 4.69) is 17.0 Å². The SMILES string of the molecule is CCn1ncc2c(=O)n(CC3(O)CCN(C(=O)C(C)CC4CCCCC4)CC34CCCC4)cnc21. The number of rotatable bonds is 6. The maximum absolute atomic E-state index is 13.5. The number of carbonyl (C=O) groups excluding carboxylic acids is 1. The summed E-state index contributed by atoms with van der Waals surface area (Å²) in [7, 11) is 0. The highest BCUT2D eigenvalue weighted by atomic mass is 16.3. The van der Waals surface area contributed by atoms with Crippen LogP contribution in [0.5, 0.6) is 0 Å². The number of fused-ring (bicyclic) bond motifs is 1. The van der Waals surface area contributed by atoms with Gasteiger partial charge in [-0.15, -0.1) is 0 Å². The first-order chi connectivity index (χ1) is 16.9. The van der Waals surface area contributed by atoms with Gasteiger partial charge in [-0.1, -0.05) is 51.9 Å². The summed E-state index contributed by atoms with van der Waals surface area (Å²) in [5, 5.41) is 16.8. The smallest absolute Gasteiger partial charge is 0.264 e. The molecule has 5 rings (SSSR count). The van der Waals surface area contributed by atoms with Crippen LogP contribution in [-0.4, -0.2) is 53.9 Å². The summed E-state index contributed by atoms with van der Waals surface area (Å²) in [6, 6.07) is 0. The molecule has 8 nitrogen and oxygen atoms in total. The summed E-state index contributed by atoms with van der Waals surface area (Å²) >= 11 is 0. The van der Waals surface area contributed by atoms with Crippen LogP contribution in [-0.2, 0) is 17.9 Å². The molecule has 1 N–H and O–H groups in total. The van der Waals surface area contributed by atoms with Crippen molar-refractivity contribution in [2.24, 2.45) is 17.3 Å². The minimum Gasteiger partial charge on any atom is -0.387 e. The van der Waals surface area contributed by atoms with Gasteiger partial charge in [-0.25, -0.2) is 9.67 Å². The van der Waals surface area contributed by atoms with E-state index >= 15 is 0 Å². The van der Waals surface area contributed by atoms with Crippen LogP contribution in [0.4, 0.5) is 0 Å². The number of aliphatic hydroxyl groups is 1. The Morgan fingerprint density at radius 2 is 1.91 bits per heavy atom.